The van der Waals surface area contributed by atoms with E-state index in [-0.39, 0.29) is 16.8 Å². The fourth-order valence-corrected chi connectivity index (χ4v) is 3.99. The summed E-state index contributed by atoms with van der Waals surface area (Å²) in [5.41, 5.74) is 0.986. The zero-order valence-electron chi connectivity index (χ0n) is 16.4. The standard InChI is InChI=1S/C21H21ClN4O3S/c1-15(2)26-20(13-14-23-26)24-21(27)12-9-16-7-10-17(11-8-16)30(28,29)25-19-6-4-3-5-18(19)22/h3-15,25H,1-2H3,(H,24,27)/b12-9+. The van der Waals surface area contributed by atoms with Crippen LogP contribution >= 0.6 is 11.6 Å². The van der Waals surface area contributed by atoms with Gasteiger partial charge in [0.1, 0.15) is 5.82 Å². The van der Waals surface area contributed by atoms with Gasteiger partial charge in [0.25, 0.3) is 10.0 Å². The zero-order chi connectivity index (χ0) is 21.7. The first-order chi connectivity index (χ1) is 14.3. The maximum atomic E-state index is 12.5. The van der Waals surface area contributed by atoms with Gasteiger partial charge in [0.15, 0.2) is 0 Å². The molecule has 0 saturated carbocycles. The molecule has 0 aliphatic rings. The molecule has 3 aromatic rings. The highest BCUT2D eigenvalue weighted by Crippen LogP contribution is 2.24. The molecule has 0 aliphatic heterocycles. The van der Waals surface area contributed by atoms with Crippen LogP contribution in [-0.2, 0) is 14.8 Å². The second kappa shape index (κ2) is 9.15. The van der Waals surface area contributed by atoms with Crippen LogP contribution < -0.4 is 10.0 Å². The predicted octanol–water partition coefficient (Wildman–Crippen LogP) is 4.57. The minimum atomic E-state index is -3.78. The number of carbonyl (C=O) groups excluding carboxylic acids is 1. The molecule has 0 radical (unpaired) electrons. The average Bonchev–Trinajstić information content (AvgIpc) is 3.17. The van der Waals surface area contributed by atoms with E-state index in [1.54, 1.807) is 59.4 Å². The lowest BCUT2D eigenvalue weighted by molar-refractivity contribution is -0.111. The molecule has 2 aromatic carbocycles. The molecule has 0 saturated heterocycles. The summed E-state index contributed by atoms with van der Waals surface area (Å²) in [6.07, 6.45) is 4.60. The molecule has 0 aliphatic carbocycles. The number of nitrogens with one attached hydrogen (secondary N) is 2. The van der Waals surface area contributed by atoms with Crippen molar-refractivity contribution in [3.63, 3.8) is 0 Å². The van der Waals surface area contributed by atoms with Crippen LogP contribution in [-0.4, -0.2) is 24.1 Å². The Bertz CT molecular complexity index is 1170. The van der Waals surface area contributed by atoms with Crippen LogP contribution in [0.5, 0.6) is 0 Å². The van der Waals surface area contributed by atoms with E-state index in [2.05, 4.69) is 15.1 Å². The molecule has 156 valence electrons. The highest BCUT2D eigenvalue weighted by Gasteiger charge is 2.15. The number of hydrogen-bond donors (Lipinski definition) is 2. The molecular weight excluding hydrogens is 424 g/mol. The average molecular weight is 445 g/mol. The van der Waals surface area contributed by atoms with E-state index in [0.717, 1.165) is 0 Å². The van der Waals surface area contributed by atoms with Crippen molar-refractivity contribution >= 4 is 45.1 Å². The molecule has 30 heavy (non-hydrogen) atoms. The number of anilines is 2. The van der Waals surface area contributed by atoms with Crippen LogP contribution in [0.3, 0.4) is 0 Å². The second-order valence-corrected chi connectivity index (χ2v) is 8.82. The molecule has 0 spiro atoms. The third-order valence-electron chi connectivity index (χ3n) is 4.15. The van der Waals surface area contributed by atoms with E-state index in [1.165, 1.54) is 18.2 Å². The molecule has 0 atom stereocenters. The minimum Gasteiger partial charge on any atom is -0.307 e. The van der Waals surface area contributed by atoms with Crippen LogP contribution in [0.2, 0.25) is 5.02 Å². The monoisotopic (exact) mass is 444 g/mol. The molecule has 7 nitrogen and oxygen atoms in total. The summed E-state index contributed by atoms with van der Waals surface area (Å²) in [7, 11) is -3.78. The van der Waals surface area contributed by atoms with Gasteiger partial charge in [-0.1, -0.05) is 35.9 Å². The number of amides is 1. The molecule has 9 heteroatoms. The molecule has 3 rings (SSSR count). The number of aromatic nitrogens is 2. The largest absolute Gasteiger partial charge is 0.307 e. The second-order valence-electron chi connectivity index (χ2n) is 6.73. The van der Waals surface area contributed by atoms with Crippen molar-refractivity contribution in [2.24, 2.45) is 0 Å². The smallest absolute Gasteiger partial charge is 0.261 e. The molecule has 0 fully saturated rings. The summed E-state index contributed by atoms with van der Waals surface area (Å²) in [5, 5.41) is 7.24. The van der Waals surface area contributed by atoms with Gasteiger partial charge in [-0.25, -0.2) is 13.1 Å². The van der Waals surface area contributed by atoms with Crippen molar-refractivity contribution in [3.8, 4) is 0 Å². The number of nitrogens with zero attached hydrogens (tertiary/aromatic N) is 2. The van der Waals surface area contributed by atoms with Crippen LogP contribution in [0.25, 0.3) is 6.08 Å². The van der Waals surface area contributed by atoms with Crippen LogP contribution in [0.4, 0.5) is 11.5 Å². The Hall–Kier alpha value is -3.10. The highest BCUT2D eigenvalue weighted by atomic mass is 35.5. The van der Waals surface area contributed by atoms with Gasteiger partial charge >= 0.3 is 0 Å². The van der Waals surface area contributed by atoms with Crippen molar-refractivity contribution < 1.29 is 13.2 Å². The number of carbonyl (C=O) groups is 1. The van der Waals surface area contributed by atoms with Gasteiger partial charge in [0, 0.05) is 18.2 Å². The van der Waals surface area contributed by atoms with Crippen LogP contribution in [0, 0.1) is 0 Å². The lowest BCUT2D eigenvalue weighted by Gasteiger charge is -2.10. The fourth-order valence-electron chi connectivity index (χ4n) is 2.67. The summed E-state index contributed by atoms with van der Waals surface area (Å²) < 4.78 is 29.2. The van der Waals surface area contributed by atoms with E-state index < -0.39 is 10.0 Å². The van der Waals surface area contributed by atoms with Crippen molar-refractivity contribution in [2.45, 2.75) is 24.8 Å². The van der Waals surface area contributed by atoms with E-state index >= 15 is 0 Å². The predicted molar refractivity (Wildman–Crippen MR) is 119 cm³/mol. The van der Waals surface area contributed by atoms with Crippen molar-refractivity contribution in [1.82, 2.24) is 9.78 Å². The maximum Gasteiger partial charge on any atom is 0.261 e. The number of benzene rings is 2. The Labute approximate surface area is 180 Å². The zero-order valence-corrected chi connectivity index (χ0v) is 18.0. The summed E-state index contributed by atoms with van der Waals surface area (Å²) in [5.74, 6) is 0.293. The van der Waals surface area contributed by atoms with Crippen molar-refractivity contribution in [2.75, 3.05) is 10.0 Å². The lowest BCUT2D eigenvalue weighted by atomic mass is 10.2. The molecule has 0 unspecified atom stereocenters. The molecular formula is C21H21ClN4O3S. The summed E-state index contributed by atoms with van der Waals surface area (Å²) in [4.78, 5) is 12.3. The van der Waals surface area contributed by atoms with E-state index in [9.17, 15) is 13.2 Å². The number of para-hydroxylation sites is 1. The third-order valence-corrected chi connectivity index (χ3v) is 5.86. The van der Waals surface area contributed by atoms with Crippen LogP contribution in [0.15, 0.2) is 71.8 Å². The molecule has 1 amide bonds. The van der Waals surface area contributed by atoms with Gasteiger partial charge in [0.2, 0.25) is 5.91 Å². The van der Waals surface area contributed by atoms with Gasteiger partial charge in [-0.05, 0) is 49.8 Å². The maximum absolute atomic E-state index is 12.5. The molecule has 0 bridgehead atoms. The third kappa shape index (κ3) is 5.28. The first-order valence-electron chi connectivity index (χ1n) is 9.16. The van der Waals surface area contributed by atoms with Crippen molar-refractivity contribution in [3.05, 3.63) is 77.5 Å². The number of sulfonamides is 1. The topological polar surface area (TPSA) is 93.1 Å². The number of halogens is 1. The Morgan fingerprint density at radius 3 is 2.47 bits per heavy atom. The lowest BCUT2D eigenvalue weighted by Crippen LogP contribution is -2.14. The summed E-state index contributed by atoms with van der Waals surface area (Å²) >= 11 is 6.01. The Balaban J connectivity index is 1.67. The summed E-state index contributed by atoms with van der Waals surface area (Å²) in [6, 6.07) is 14.6. The van der Waals surface area contributed by atoms with Gasteiger partial charge in [-0.2, -0.15) is 5.10 Å². The SMILES string of the molecule is CC(C)n1nccc1NC(=O)/C=C/c1ccc(S(=O)(=O)Nc2ccccc2Cl)cc1. The van der Waals surface area contributed by atoms with E-state index in [1.807, 2.05) is 13.8 Å². The summed E-state index contributed by atoms with van der Waals surface area (Å²) in [6.45, 7) is 3.93. The first-order valence-corrected chi connectivity index (χ1v) is 11.0. The fraction of sp³-hybridized carbons (Fsp3) is 0.143. The first kappa shape index (κ1) is 21.6. The Kier molecular flexibility index (Phi) is 6.59. The van der Waals surface area contributed by atoms with Crippen molar-refractivity contribution in [1.29, 1.82) is 0 Å². The van der Waals surface area contributed by atoms with Gasteiger partial charge in [-0.15, -0.1) is 0 Å². The quantitative estimate of drug-likeness (QED) is 0.522. The number of hydrogen-bond acceptors (Lipinski definition) is 4. The normalized spacial score (nSPS) is 11.7. The van der Waals surface area contributed by atoms with Gasteiger partial charge < -0.3 is 5.32 Å². The van der Waals surface area contributed by atoms with Gasteiger partial charge in [-0.3, -0.25) is 9.52 Å². The minimum absolute atomic E-state index is 0.0878. The Morgan fingerprint density at radius 2 is 1.80 bits per heavy atom. The molecule has 2 N–H and O–H groups in total. The van der Waals surface area contributed by atoms with Crippen LogP contribution in [0.1, 0.15) is 25.5 Å². The molecule has 1 heterocycles. The van der Waals surface area contributed by atoms with Gasteiger partial charge in [0.05, 0.1) is 21.8 Å². The van der Waals surface area contributed by atoms with E-state index in [4.69, 9.17) is 11.6 Å². The highest BCUT2D eigenvalue weighted by molar-refractivity contribution is 7.92. The van der Waals surface area contributed by atoms with E-state index in [0.29, 0.717) is 22.1 Å². The Morgan fingerprint density at radius 1 is 1.10 bits per heavy atom. The molecule has 1 aromatic heterocycles. The number of rotatable bonds is 7.